The minimum absolute atomic E-state index is 0.291. The van der Waals surface area contributed by atoms with E-state index < -0.39 is 0 Å². The van der Waals surface area contributed by atoms with Gasteiger partial charge in [-0.2, -0.15) is 0 Å². The summed E-state index contributed by atoms with van der Waals surface area (Å²) < 4.78 is 0. The van der Waals surface area contributed by atoms with Crippen molar-refractivity contribution in [3.63, 3.8) is 0 Å². The van der Waals surface area contributed by atoms with E-state index in [1.165, 1.54) is 12.8 Å². The molecule has 0 aromatic heterocycles. The highest BCUT2D eigenvalue weighted by molar-refractivity contribution is 5.79. The summed E-state index contributed by atoms with van der Waals surface area (Å²) >= 11 is 0. The molecule has 1 amide bonds. The van der Waals surface area contributed by atoms with Gasteiger partial charge in [-0.05, 0) is 38.1 Å². The molecule has 16 heavy (non-hydrogen) atoms. The zero-order chi connectivity index (χ0) is 12.0. The van der Waals surface area contributed by atoms with Gasteiger partial charge in [-0.1, -0.05) is 19.8 Å². The van der Waals surface area contributed by atoms with Gasteiger partial charge in [-0.15, -0.1) is 0 Å². The number of hydrogen-bond donors (Lipinski definition) is 1. The van der Waals surface area contributed by atoms with Crippen LogP contribution in [0.25, 0.3) is 0 Å². The van der Waals surface area contributed by atoms with E-state index in [-0.39, 0.29) is 0 Å². The maximum Gasteiger partial charge on any atom is 0.225 e. The van der Waals surface area contributed by atoms with Gasteiger partial charge in [0.25, 0.3) is 0 Å². The number of rotatable bonds is 6. The molecule has 0 heterocycles. The lowest BCUT2D eigenvalue weighted by molar-refractivity contribution is -0.135. The van der Waals surface area contributed by atoms with Crippen LogP contribution in [0.2, 0.25) is 0 Å². The SMILES string of the molecule is CC1CCCC1C(=O)N(C)CCCCCN. The van der Waals surface area contributed by atoms with Crippen LogP contribution in [0.15, 0.2) is 0 Å². The monoisotopic (exact) mass is 226 g/mol. The van der Waals surface area contributed by atoms with Crippen molar-refractivity contribution in [3.8, 4) is 0 Å². The van der Waals surface area contributed by atoms with Crippen LogP contribution in [-0.2, 0) is 4.79 Å². The lowest BCUT2D eigenvalue weighted by Crippen LogP contribution is -2.34. The zero-order valence-electron chi connectivity index (χ0n) is 10.7. The molecule has 2 atom stereocenters. The minimum atomic E-state index is 0.291. The van der Waals surface area contributed by atoms with E-state index in [4.69, 9.17) is 5.73 Å². The fourth-order valence-electron chi connectivity index (χ4n) is 2.58. The summed E-state index contributed by atoms with van der Waals surface area (Å²) in [6, 6.07) is 0. The molecule has 0 radical (unpaired) electrons. The third kappa shape index (κ3) is 3.78. The summed E-state index contributed by atoms with van der Waals surface area (Å²) in [6.45, 7) is 3.86. The average Bonchev–Trinajstić information content (AvgIpc) is 2.69. The van der Waals surface area contributed by atoms with Crippen molar-refractivity contribution in [1.82, 2.24) is 4.90 Å². The normalized spacial score (nSPS) is 24.7. The Morgan fingerprint density at radius 3 is 2.62 bits per heavy atom. The molecule has 0 aliphatic heterocycles. The van der Waals surface area contributed by atoms with Gasteiger partial charge in [-0.3, -0.25) is 4.79 Å². The number of hydrogen-bond acceptors (Lipinski definition) is 2. The first-order valence-electron chi connectivity index (χ1n) is 6.62. The lowest BCUT2D eigenvalue weighted by Gasteiger charge is -2.23. The Balaban J connectivity index is 2.24. The minimum Gasteiger partial charge on any atom is -0.346 e. The molecule has 0 bridgehead atoms. The molecule has 3 heteroatoms. The summed E-state index contributed by atoms with van der Waals surface area (Å²) in [7, 11) is 1.94. The topological polar surface area (TPSA) is 46.3 Å². The van der Waals surface area contributed by atoms with E-state index in [2.05, 4.69) is 6.92 Å². The fourth-order valence-corrected chi connectivity index (χ4v) is 2.58. The predicted octanol–water partition coefficient (Wildman–Crippen LogP) is 2.01. The molecule has 1 aliphatic rings. The van der Waals surface area contributed by atoms with Gasteiger partial charge in [0.05, 0.1) is 0 Å². The first kappa shape index (κ1) is 13.5. The molecule has 0 aromatic carbocycles. The Bertz CT molecular complexity index is 218. The van der Waals surface area contributed by atoms with Crippen molar-refractivity contribution >= 4 is 5.91 Å². The van der Waals surface area contributed by atoms with E-state index in [1.807, 2.05) is 11.9 Å². The molecule has 1 aliphatic carbocycles. The van der Waals surface area contributed by atoms with Gasteiger partial charge >= 0.3 is 0 Å². The summed E-state index contributed by atoms with van der Waals surface area (Å²) in [5.41, 5.74) is 5.44. The Hall–Kier alpha value is -0.570. The van der Waals surface area contributed by atoms with Crippen molar-refractivity contribution in [1.29, 1.82) is 0 Å². The molecule has 0 spiro atoms. The molecule has 2 unspecified atom stereocenters. The summed E-state index contributed by atoms with van der Waals surface area (Å²) in [5, 5.41) is 0. The maximum absolute atomic E-state index is 12.1. The molecule has 1 saturated carbocycles. The van der Waals surface area contributed by atoms with E-state index in [0.717, 1.165) is 38.8 Å². The van der Waals surface area contributed by atoms with E-state index >= 15 is 0 Å². The number of carbonyl (C=O) groups is 1. The largest absolute Gasteiger partial charge is 0.346 e. The first-order chi connectivity index (χ1) is 7.66. The molecule has 0 aromatic rings. The summed E-state index contributed by atoms with van der Waals surface area (Å²) in [5.74, 6) is 1.23. The second-order valence-corrected chi connectivity index (χ2v) is 5.12. The van der Waals surface area contributed by atoms with Crippen molar-refractivity contribution in [3.05, 3.63) is 0 Å². The molecular weight excluding hydrogens is 200 g/mol. The molecule has 0 saturated heterocycles. The Morgan fingerprint density at radius 1 is 1.31 bits per heavy atom. The highest BCUT2D eigenvalue weighted by Crippen LogP contribution is 2.32. The van der Waals surface area contributed by atoms with Crippen LogP contribution in [0.4, 0.5) is 0 Å². The van der Waals surface area contributed by atoms with Crippen molar-refractivity contribution in [2.75, 3.05) is 20.1 Å². The lowest BCUT2D eigenvalue weighted by atomic mass is 9.96. The van der Waals surface area contributed by atoms with E-state index in [1.54, 1.807) is 0 Å². The molecule has 1 fully saturated rings. The molecule has 94 valence electrons. The number of nitrogens with zero attached hydrogens (tertiary/aromatic N) is 1. The Labute approximate surface area is 99.4 Å². The van der Waals surface area contributed by atoms with Crippen LogP contribution in [0.5, 0.6) is 0 Å². The molecule has 3 nitrogen and oxygen atoms in total. The number of unbranched alkanes of at least 4 members (excludes halogenated alkanes) is 2. The standard InChI is InChI=1S/C13H26N2O/c1-11-7-6-8-12(11)13(16)15(2)10-5-3-4-9-14/h11-12H,3-10,14H2,1-2H3. The maximum atomic E-state index is 12.1. The van der Waals surface area contributed by atoms with Crippen LogP contribution >= 0.6 is 0 Å². The van der Waals surface area contributed by atoms with Gasteiger partial charge < -0.3 is 10.6 Å². The first-order valence-corrected chi connectivity index (χ1v) is 6.62. The number of amides is 1. The molecule has 2 N–H and O–H groups in total. The van der Waals surface area contributed by atoms with Crippen LogP contribution in [0.1, 0.15) is 45.4 Å². The molecule has 1 rings (SSSR count). The van der Waals surface area contributed by atoms with Gasteiger partial charge in [-0.25, -0.2) is 0 Å². The van der Waals surface area contributed by atoms with Gasteiger partial charge in [0.15, 0.2) is 0 Å². The van der Waals surface area contributed by atoms with Crippen LogP contribution in [-0.4, -0.2) is 30.9 Å². The van der Waals surface area contributed by atoms with Crippen molar-refractivity contribution in [2.45, 2.75) is 45.4 Å². The Morgan fingerprint density at radius 2 is 2.06 bits per heavy atom. The van der Waals surface area contributed by atoms with E-state index in [0.29, 0.717) is 17.7 Å². The van der Waals surface area contributed by atoms with Gasteiger partial charge in [0.2, 0.25) is 5.91 Å². The van der Waals surface area contributed by atoms with Crippen LogP contribution in [0.3, 0.4) is 0 Å². The quantitative estimate of drug-likeness (QED) is 0.704. The zero-order valence-corrected chi connectivity index (χ0v) is 10.7. The second kappa shape index (κ2) is 6.89. The third-order valence-electron chi connectivity index (χ3n) is 3.75. The number of nitrogens with two attached hydrogens (primary N) is 1. The third-order valence-corrected chi connectivity index (χ3v) is 3.75. The average molecular weight is 226 g/mol. The summed E-state index contributed by atoms with van der Waals surface area (Å²) in [6.07, 6.45) is 6.82. The summed E-state index contributed by atoms with van der Waals surface area (Å²) in [4.78, 5) is 14.0. The fraction of sp³-hybridized carbons (Fsp3) is 0.923. The van der Waals surface area contributed by atoms with Crippen LogP contribution < -0.4 is 5.73 Å². The van der Waals surface area contributed by atoms with Crippen molar-refractivity contribution in [2.24, 2.45) is 17.6 Å². The second-order valence-electron chi connectivity index (χ2n) is 5.12. The van der Waals surface area contributed by atoms with Crippen molar-refractivity contribution < 1.29 is 4.79 Å². The molecular formula is C13H26N2O. The van der Waals surface area contributed by atoms with E-state index in [9.17, 15) is 4.79 Å². The predicted molar refractivity (Wildman–Crippen MR) is 67.0 cm³/mol. The van der Waals surface area contributed by atoms with Gasteiger partial charge in [0, 0.05) is 19.5 Å². The highest BCUT2D eigenvalue weighted by Gasteiger charge is 2.31. The number of carbonyl (C=O) groups excluding carboxylic acids is 1. The van der Waals surface area contributed by atoms with Gasteiger partial charge in [0.1, 0.15) is 0 Å². The van der Waals surface area contributed by atoms with Crippen LogP contribution in [0, 0.1) is 11.8 Å². The Kier molecular flexibility index (Phi) is 5.81. The smallest absolute Gasteiger partial charge is 0.225 e. The highest BCUT2D eigenvalue weighted by atomic mass is 16.2.